The Morgan fingerprint density at radius 2 is 2.21 bits per heavy atom. The van der Waals surface area contributed by atoms with Gasteiger partial charge < -0.3 is 4.40 Å². The number of nitrogens with zero attached hydrogens (tertiary/aromatic N) is 5. The van der Waals surface area contributed by atoms with Gasteiger partial charge >= 0.3 is 0 Å². The van der Waals surface area contributed by atoms with E-state index in [0.29, 0.717) is 11.2 Å². The highest BCUT2D eigenvalue weighted by Crippen LogP contribution is 2.23. The normalized spacial score (nSPS) is 11.2. The molecule has 0 aliphatic carbocycles. The van der Waals surface area contributed by atoms with Gasteiger partial charge in [-0.3, -0.25) is 9.48 Å². The van der Waals surface area contributed by atoms with Gasteiger partial charge in [0.1, 0.15) is 10.7 Å². The van der Waals surface area contributed by atoms with Gasteiger partial charge in [0.15, 0.2) is 5.78 Å². The molecule has 7 heteroatoms. The molecule has 0 spiro atoms. The Balaban J connectivity index is 1.78. The van der Waals surface area contributed by atoms with Crippen molar-refractivity contribution >= 4 is 22.8 Å². The molecular weight excluding hydrogens is 322 g/mol. The molecule has 120 valence electrons. The maximum absolute atomic E-state index is 12.8. The maximum Gasteiger partial charge on any atom is 0.173 e. The van der Waals surface area contributed by atoms with Gasteiger partial charge in [-0.15, -0.1) is 11.3 Å². The molecule has 0 fully saturated rings. The number of pyridine rings is 1. The van der Waals surface area contributed by atoms with Crippen LogP contribution < -0.4 is 0 Å². The predicted octanol–water partition coefficient (Wildman–Crippen LogP) is 2.93. The van der Waals surface area contributed by atoms with Crippen molar-refractivity contribution in [3.8, 4) is 11.3 Å². The van der Waals surface area contributed by atoms with E-state index in [0.717, 1.165) is 22.0 Å². The lowest BCUT2D eigenvalue weighted by molar-refractivity contribution is 0.0994. The first-order valence-corrected chi connectivity index (χ1v) is 8.39. The second-order valence-corrected chi connectivity index (χ2v) is 6.60. The number of hydrogen-bond donors (Lipinski definition) is 0. The summed E-state index contributed by atoms with van der Waals surface area (Å²) in [6.07, 6.45) is 7.64. The van der Waals surface area contributed by atoms with Crippen LogP contribution in [-0.2, 0) is 13.5 Å². The Bertz CT molecular complexity index is 1040. The van der Waals surface area contributed by atoms with Gasteiger partial charge in [-0.1, -0.05) is 0 Å². The van der Waals surface area contributed by atoms with Crippen molar-refractivity contribution in [2.24, 2.45) is 7.05 Å². The summed E-state index contributed by atoms with van der Waals surface area (Å²) >= 11 is 1.51. The third-order valence-electron chi connectivity index (χ3n) is 3.78. The summed E-state index contributed by atoms with van der Waals surface area (Å²) in [7, 11) is 1.87. The van der Waals surface area contributed by atoms with Crippen LogP contribution in [0.15, 0.2) is 42.3 Å². The fourth-order valence-corrected chi connectivity index (χ4v) is 3.43. The summed E-state index contributed by atoms with van der Waals surface area (Å²) in [5, 5.41) is 7.20. The van der Waals surface area contributed by atoms with E-state index >= 15 is 0 Å². The largest absolute Gasteiger partial charge is 0.306 e. The summed E-state index contributed by atoms with van der Waals surface area (Å²) < 4.78 is 3.61. The zero-order valence-corrected chi connectivity index (χ0v) is 14.1. The quantitative estimate of drug-likeness (QED) is 0.537. The molecule has 0 amide bonds. The van der Waals surface area contributed by atoms with Crippen molar-refractivity contribution in [3.05, 3.63) is 58.6 Å². The fourth-order valence-electron chi connectivity index (χ4n) is 2.66. The van der Waals surface area contributed by atoms with Gasteiger partial charge in [-0.25, -0.2) is 9.97 Å². The highest BCUT2D eigenvalue weighted by Gasteiger charge is 2.17. The Morgan fingerprint density at radius 3 is 2.92 bits per heavy atom. The lowest BCUT2D eigenvalue weighted by Gasteiger charge is -2.06. The van der Waals surface area contributed by atoms with Gasteiger partial charge in [-0.05, 0) is 19.1 Å². The lowest BCUT2D eigenvalue weighted by Crippen LogP contribution is -2.07. The Kier molecular flexibility index (Phi) is 3.50. The number of hydrogen-bond acceptors (Lipinski definition) is 5. The Hall–Kier alpha value is -2.80. The molecular formula is C17H15N5OS. The molecule has 0 atom stereocenters. The van der Waals surface area contributed by atoms with Crippen LogP contribution in [0.3, 0.4) is 0 Å². The number of aryl methyl sites for hydroxylation is 2. The van der Waals surface area contributed by atoms with Crippen LogP contribution in [0.1, 0.15) is 21.1 Å². The van der Waals surface area contributed by atoms with E-state index in [-0.39, 0.29) is 12.2 Å². The number of aromatic nitrogens is 5. The molecule has 0 unspecified atom stereocenters. The summed E-state index contributed by atoms with van der Waals surface area (Å²) in [4.78, 5) is 21.5. The SMILES string of the molecule is Cc1csc(CC(=O)c2cc(-c3ccn(C)n3)cn3ccnc23)n1. The summed E-state index contributed by atoms with van der Waals surface area (Å²) in [5.41, 5.74) is 3.91. The van der Waals surface area contributed by atoms with Crippen molar-refractivity contribution in [1.82, 2.24) is 24.1 Å². The first-order valence-electron chi connectivity index (χ1n) is 7.51. The van der Waals surface area contributed by atoms with Crippen LogP contribution in [-0.4, -0.2) is 29.9 Å². The summed E-state index contributed by atoms with van der Waals surface area (Å²) in [5.74, 6) is 0.0123. The van der Waals surface area contributed by atoms with E-state index in [1.807, 2.05) is 54.5 Å². The molecule has 4 aromatic heterocycles. The average Bonchev–Trinajstić information content (AvgIpc) is 3.27. The van der Waals surface area contributed by atoms with Gasteiger partial charge in [0.25, 0.3) is 0 Å². The van der Waals surface area contributed by atoms with Crippen molar-refractivity contribution < 1.29 is 4.79 Å². The van der Waals surface area contributed by atoms with Crippen molar-refractivity contribution in [1.29, 1.82) is 0 Å². The molecule has 0 radical (unpaired) electrons. The van der Waals surface area contributed by atoms with E-state index in [1.165, 1.54) is 11.3 Å². The van der Waals surface area contributed by atoms with Crippen LogP contribution in [0.5, 0.6) is 0 Å². The minimum atomic E-state index is 0.0123. The molecule has 0 aliphatic heterocycles. The number of rotatable bonds is 4. The van der Waals surface area contributed by atoms with Crippen molar-refractivity contribution in [2.75, 3.05) is 0 Å². The van der Waals surface area contributed by atoms with Gasteiger partial charge in [0.2, 0.25) is 0 Å². The predicted molar refractivity (Wildman–Crippen MR) is 92.3 cm³/mol. The first-order chi connectivity index (χ1) is 11.6. The monoisotopic (exact) mass is 337 g/mol. The summed E-state index contributed by atoms with van der Waals surface area (Å²) in [6.45, 7) is 1.93. The molecule has 6 nitrogen and oxygen atoms in total. The molecule has 4 heterocycles. The van der Waals surface area contributed by atoms with Crippen LogP contribution in [0.4, 0.5) is 0 Å². The molecule has 0 saturated heterocycles. The topological polar surface area (TPSA) is 65.1 Å². The molecule has 24 heavy (non-hydrogen) atoms. The zero-order valence-electron chi connectivity index (χ0n) is 13.3. The smallest absolute Gasteiger partial charge is 0.173 e. The van der Waals surface area contributed by atoms with E-state index < -0.39 is 0 Å². The Labute approximate surface area is 142 Å². The third kappa shape index (κ3) is 2.63. The van der Waals surface area contributed by atoms with E-state index in [9.17, 15) is 4.79 Å². The van der Waals surface area contributed by atoms with Crippen LogP contribution in [0.25, 0.3) is 16.9 Å². The molecule has 0 aliphatic rings. The number of imidazole rings is 1. The third-order valence-corrected chi connectivity index (χ3v) is 4.74. The number of fused-ring (bicyclic) bond motifs is 1. The van der Waals surface area contributed by atoms with Gasteiger partial charge in [0.05, 0.1) is 17.7 Å². The minimum Gasteiger partial charge on any atom is -0.306 e. The van der Waals surface area contributed by atoms with Gasteiger partial charge in [0, 0.05) is 48.5 Å². The van der Waals surface area contributed by atoms with E-state index in [1.54, 1.807) is 10.9 Å². The average molecular weight is 337 g/mol. The highest BCUT2D eigenvalue weighted by atomic mass is 32.1. The van der Waals surface area contributed by atoms with Crippen LogP contribution in [0, 0.1) is 6.92 Å². The minimum absolute atomic E-state index is 0.0123. The standard InChI is InChI=1S/C17H15N5OS/c1-11-10-24-16(19-11)8-15(23)13-7-12(14-3-5-21(2)20-14)9-22-6-4-18-17(13)22/h3-7,9-10H,8H2,1-2H3. The second-order valence-electron chi connectivity index (χ2n) is 5.66. The first kappa shape index (κ1) is 14.8. The number of Topliss-reactive ketones (excluding diaryl/α,β-unsaturated/α-hetero) is 1. The second kappa shape index (κ2) is 5.68. The zero-order chi connectivity index (χ0) is 16.7. The Morgan fingerprint density at radius 1 is 1.33 bits per heavy atom. The van der Waals surface area contributed by atoms with Crippen molar-refractivity contribution in [3.63, 3.8) is 0 Å². The van der Waals surface area contributed by atoms with Crippen molar-refractivity contribution in [2.45, 2.75) is 13.3 Å². The summed E-state index contributed by atoms with van der Waals surface area (Å²) in [6, 6.07) is 3.80. The number of thiazole rings is 1. The van der Waals surface area contributed by atoms with E-state index in [4.69, 9.17) is 0 Å². The maximum atomic E-state index is 12.8. The molecule has 4 aromatic rings. The van der Waals surface area contributed by atoms with Gasteiger partial charge in [-0.2, -0.15) is 5.10 Å². The molecule has 4 rings (SSSR count). The number of carbonyl (C=O) groups is 1. The van der Waals surface area contributed by atoms with E-state index in [2.05, 4.69) is 15.1 Å². The molecule has 0 saturated carbocycles. The lowest BCUT2D eigenvalue weighted by atomic mass is 10.1. The van der Waals surface area contributed by atoms with Crippen LogP contribution in [0.2, 0.25) is 0 Å². The number of carbonyl (C=O) groups excluding carboxylic acids is 1. The van der Waals surface area contributed by atoms with Crippen LogP contribution >= 0.6 is 11.3 Å². The fraction of sp³-hybridized carbons (Fsp3) is 0.176. The molecule has 0 aromatic carbocycles. The molecule has 0 N–H and O–H groups in total. The number of ketones is 1. The molecule has 0 bridgehead atoms. The highest BCUT2D eigenvalue weighted by molar-refractivity contribution is 7.09.